The second kappa shape index (κ2) is 3.49. The summed E-state index contributed by atoms with van der Waals surface area (Å²) in [4.78, 5) is 0. The molecule has 2 heterocycles. The van der Waals surface area contributed by atoms with Gasteiger partial charge in [-0.15, -0.1) is 0 Å². The van der Waals surface area contributed by atoms with Crippen LogP contribution in [-0.2, 0) is 7.05 Å². The van der Waals surface area contributed by atoms with Gasteiger partial charge in [0.25, 0.3) is 0 Å². The van der Waals surface area contributed by atoms with Crippen LogP contribution in [0.2, 0.25) is 0 Å². The van der Waals surface area contributed by atoms with Crippen molar-refractivity contribution in [2.24, 2.45) is 7.05 Å². The van der Waals surface area contributed by atoms with Crippen molar-refractivity contribution in [3.05, 3.63) is 48.3 Å². The lowest BCUT2D eigenvalue weighted by atomic mass is 10.2. The number of aryl methyl sites for hydroxylation is 1. The Bertz CT molecular complexity index is 714. The lowest BCUT2D eigenvalue weighted by Crippen LogP contribution is -2.03. The zero-order valence-corrected chi connectivity index (χ0v) is 9.33. The highest BCUT2D eigenvalue weighted by Gasteiger charge is 2.15. The van der Waals surface area contributed by atoms with Gasteiger partial charge >= 0.3 is 0 Å². The minimum absolute atomic E-state index is 0.659. The molecule has 3 aromatic rings. The molecule has 3 rings (SSSR count). The molecule has 0 bridgehead atoms. The molecule has 0 fully saturated rings. The molecule has 2 aromatic heterocycles. The number of benzene rings is 1. The van der Waals surface area contributed by atoms with Crippen molar-refractivity contribution >= 4 is 10.9 Å². The number of rotatable bonds is 1. The van der Waals surface area contributed by atoms with Crippen LogP contribution < -0.4 is 0 Å². The first-order valence-electron chi connectivity index (χ1n) is 5.30. The zero-order valence-electron chi connectivity index (χ0n) is 9.33. The van der Waals surface area contributed by atoms with E-state index in [1.807, 2.05) is 48.1 Å². The fraction of sp³-hybridized carbons (Fsp3) is 0.0769. The normalized spacial score (nSPS) is 10.6. The predicted molar refractivity (Wildman–Crippen MR) is 64.8 cm³/mol. The van der Waals surface area contributed by atoms with E-state index in [4.69, 9.17) is 0 Å². The number of nitrogens with zero attached hydrogens (tertiary/aromatic N) is 4. The van der Waals surface area contributed by atoms with Crippen LogP contribution in [0, 0.1) is 11.3 Å². The molecule has 0 atom stereocenters. The Labute approximate surface area is 98.3 Å². The Morgan fingerprint density at radius 3 is 2.76 bits per heavy atom. The lowest BCUT2D eigenvalue weighted by Gasteiger charge is -2.03. The summed E-state index contributed by atoms with van der Waals surface area (Å²) in [6.07, 6.45) is 3.55. The summed E-state index contributed by atoms with van der Waals surface area (Å²) in [5.41, 5.74) is 1.70. The summed E-state index contributed by atoms with van der Waals surface area (Å²) in [5, 5.41) is 14.5. The maximum atomic E-state index is 9.32. The molecule has 0 saturated carbocycles. The third-order valence-corrected chi connectivity index (χ3v) is 2.91. The molecule has 0 radical (unpaired) electrons. The molecule has 0 aliphatic heterocycles. The summed E-state index contributed by atoms with van der Waals surface area (Å²) in [7, 11) is 1.94. The third-order valence-electron chi connectivity index (χ3n) is 2.91. The highest BCUT2D eigenvalue weighted by atomic mass is 15.3. The fourth-order valence-electron chi connectivity index (χ4n) is 2.15. The molecule has 0 saturated heterocycles. The van der Waals surface area contributed by atoms with Crippen molar-refractivity contribution in [1.82, 2.24) is 14.3 Å². The first kappa shape index (κ1) is 9.67. The van der Waals surface area contributed by atoms with Gasteiger partial charge in [0.1, 0.15) is 11.6 Å². The average molecular weight is 222 g/mol. The van der Waals surface area contributed by atoms with E-state index in [1.54, 1.807) is 10.9 Å². The van der Waals surface area contributed by atoms with Gasteiger partial charge in [-0.2, -0.15) is 10.4 Å². The maximum absolute atomic E-state index is 9.32. The third kappa shape index (κ3) is 1.26. The van der Waals surface area contributed by atoms with Gasteiger partial charge in [-0.1, -0.05) is 18.2 Å². The Morgan fingerprint density at radius 1 is 1.24 bits per heavy atom. The first-order chi connectivity index (χ1) is 8.33. The van der Waals surface area contributed by atoms with Crippen LogP contribution in [0.5, 0.6) is 0 Å². The number of hydrogen-bond donors (Lipinski definition) is 0. The molecule has 0 amide bonds. The van der Waals surface area contributed by atoms with Crippen molar-refractivity contribution in [2.75, 3.05) is 0 Å². The Balaban J connectivity index is 2.47. The van der Waals surface area contributed by atoms with Crippen LogP contribution in [0.1, 0.15) is 5.56 Å². The Kier molecular flexibility index (Phi) is 1.99. The number of nitriles is 1. The minimum Gasteiger partial charge on any atom is -0.328 e. The van der Waals surface area contributed by atoms with Crippen molar-refractivity contribution in [2.45, 2.75) is 0 Å². The Hall–Kier alpha value is -2.54. The molecule has 1 aromatic carbocycles. The number of aromatic nitrogens is 3. The molecule has 82 valence electrons. The van der Waals surface area contributed by atoms with Gasteiger partial charge in [-0.3, -0.25) is 0 Å². The SMILES string of the molecule is Cn1c(-n2cccn2)c(C#N)c2ccccc21. The lowest BCUT2D eigenvalue weighted by molar-refractivity contribution is 0.785. The van der Waals surface area contributed by atoms with Crippen LogP contribution in [0.3, 0.4) is 0 Å². The summed E-state index contributed by atoms with van der Waals surface area (Å²) in [6.45, 7) is 0. The monoisotopic (exact) mass is 222 g/mol. The molecular formula is C13H10N4. The second-order valence-corrected chi connectivity index (χ2v) is 3.84. The van der Waals surface area contributed by atoms with Crippen molar-refractivity contribution in [3.63, 3.8) is 0 Å². The van der Waals surface area contributed by atoms with Crippen LogP contribution in [0.4, 0.5) is 0 Å². The van der Waals surface area contributed by atoms with Gasteiger partial charge in [0.2, 0.25) is 0 Å². The number of hydrogen-bond acceptors (Lipinski definition) is 2. The van der Waals surface area contributed by atoms with E-state index in [1.165, 1.54) is 0 Å². The van der Waals surface area contributed by atoms with Crippen LogP contribution >= 0.6 is 0 Å². The van der Waals surface area contributed by atoms with E-state index < -0.39 is 0 Å². The first-order valence-corrected chi connectivity index (χ1v) is 5.30. The predicted octanol–water partition coefficient (Wildman–Crippen LogP) is 2.24. The standard InChI is InChI=1S/C13H10N4/c1-16-12-6-3-2-5-10(12)11(9-14)13(16)17-8-4-7-15-17/h2-8H,1H3. The van der Waals surface area contributed by atoms with Crippen LogP contribution in [0.25, 0.3) is 16.7 Å². The van der Waals surface area contributed by atoms with E-state index >= 15 is 0 Å². The van der Waals surface area contributed by atoms with E-state index in [0.717, 1.165) is 16.7 Å². The molecule has 0 spiro atoms. The summed E-state index contributed by atoms with van der Waals surface area (Å²) in [6, 6.07) is 12.0. The smallest absolute Gasteiger partial charge is 0.152 e. The van der Waals surface area contributed by atoms with Crippen molar-refractivity contribution in [1.29, 1.82) is 5.26 Å². The van der Waals surface area contributed by atoms with Gasteiger partial charge in [0.05, 0.1) is 5.52 Å². The van der Waals surface area contributed by atoms with Crippen molar-refractivity contribution < 1.29 is 0 Å². The highest BCUT2D eigenvalue weighted by molar-refractivity contribution is 5.90. The van der Waals surface area contributed by atoms with Gasteiger partial charge in [-0.05, 0) is 12.1 Å². The van der Waals surface area contributed by atoms with Crippen LogP contribution in [-0.4, -0.2) is 14.3 Å². The van der Waals surface area contributed by atoms with Crippen LogP contribution in [0.15, 0.2) is 42.7 Å². The highest BCUT2D eigenvalue weighted by Crippen LogP contribution is 2.26. The molecular weight excluding hydrogens is 212 g/mol. The average Bonchev–Trinajstić information content (AvgIpc) is 2.96. The second-order valence-electron chi connectivity index (χ2n) is 3.84. The topological polar surface area (TPSA) is 46.5 Å². The van der Waals surface area contributed by atoms with Gasteiger partial charge in [0.15, 0.2) is 5.82 Å². The number of para-hydroxylation sites is 1. The summed E-state index contributed by atoms with van der Waals surface area (Å²) >= 11 is 0. The molecule has 17 heavy (non-hydrogen) atoms. The van der Waals surface area contributed by atoms with Gasteiger partial charge in [0, 0.05) is 24.8 Å². The molecule has 0 aliphatic carbocycles. The van der Waals surface area contributed by atoms with Gasteiger partial charge < -0.3 is 4.57 Å². The van der Waals surface area contributed by atoms with E-state index in [0.29, 0.717) is 5.56 Å². The molecule has 0 unspecified atom stereocenters. The molecule has 4 nitrogen and oxygen atoms in total. The van der Waals surface area contributed by atoms with E-state index in [2.05, 4.69) is 11.2 Å². The quantitative estimate of drug-likeness (QED) is 0.633. The van der Waals surface area contributed by atoms with E-state index in [-0.39, 0.29) is 0 Å². The molecule has 4 heteroatoms. The Morgan fingerprint density at radius 2 is 2.06 bits per heavy atom. The molecule has 0 N–H and O–H groups in total. The molecule has 0 aliphatic rings. The largest absolute Gasteiger partial charge is 0.328 e. The zero-order chi connectivity index (χ0) is 11.8. The van der Waals surface area contributed by atoms with Gasteiger partial charge in [-0.25, -0.2) is 4.68 Å². The fourth-order valence-corrected chi connectivity index (χ4v) is 2.15. The summed E-state index contributed by atoms with van der Waals surface area (Å²) < 4.78 is 3.71. The minimum atomic E-state index is 0.659. The summed E-state index contributed by atoms with van der Waals surface area (Å²) in [5.74, 6) is 0.804. The maximum Gasteiger partial charge on any atom is 0.152 e. The number of fused-ring (bicyclic) bond motifs is 1. The van der Waals surface area contributed by atoms with Crippen molar-refractivity contribution in [3.8, 4) is 11.9 Å². The van der Waals surface area contributed by atoms with E-state index in [9.17, 15) is 5.26 Å².